The van der Waals surface area contributed by atoms with Crippen LogP contribution in [0.2, 0.25) is 0 Å². The lowest BCUT2D eigenvalue weighted by atomic mass is 9.98. The second-order valence-corrected chi connectivity index (χ2v) is 8.57. The Bertz CT molecular complexity index is 1050. The van der Waals surface area contributed by atoms with Gasteiger partial charge in [-0.15, -0.1) is 11.3 Å². The van der Waals surface area contributed by atoms with Crippen LogP contribution in [0.1, 0.15) is 32.1 Å². The number of hydrogen-bond donors (Lipinski definition) is 1. The van der Waals surface area contributed by atoms with Crippen molar-refractivity contribution in [3.05, 3.63) is 80.3 Å². The standard InChI is InChI=1S/C21H17BrN2O3S/c1-12-18(10-13-6-8-15(22)9-7-13)28-21(23-12)24-19(25)17-11-14-4-2-3-5-16(14)20(26)27-17/h2-9,17H,10-11H2,1H3,(H,23,24,25). The summed E-state index contributed by atoms with van der Waals surface area (Å²) in [6.45, 7) is 1.93. The Kier molecular flexibility index (Phi) is 5.28. The highest BCUT2D eigenvalue weighted by Gasteiger charge is 2.31. The van der Waals surface area contributed by atoms with Gasteiger partial charge in [-0.3, -0.25) is 10.1 Å². The molecule has 0 spiro atoms. The van der Waals surface area contributed by atoms with Crippen molar-refractivity contribution in [3.8, 4) is 0 Å². The molecule has 1 aromatic heterocycles. The molecule has 1 unspecified atom stereocenters. The van der Waals surface area contributed by atoms with Gasteiger partial charge in [0, 0.05) is 22.2 Å². The van der Waals surface area contributed by atoms with Crippen molar-refractivity contribution < 1.29 is 14.3 Å². The number of nitrogens with one attached hydrogen (secondary N) is 1. The molecule has 28 heavy (non-hydrogen) atoms. The summed E-state index contributed by atoms with van der Waals surface area (Å²) in [6, 6.07) is 15.3. The van der Waals surface area contributed by atoms with Gasteiger partial charge in [0.1, 0.15) is 0 Å². The number of fused-ring (bicyclic) bond motifs is 1. The van der Waals surface area contributed by atoms with Crippen molar-refractivity contribution in [3.63, 3.8) is 0 Å². The van der Waals surface area contributed by atoms with Crippen LogP contribution >= 0.6 is 27.3 Å². The second kappa shape index (κ2) is 7.85. The van der Waals surface area contributed by atoms with Crippen LogP contribution in [0.15, 0.2) is 53.0 Å². The Labute approximate surface area is 174 Å². The minimum atomic E-state index is -0.846. The Morgan fingerprint density at radius 1 is 1.25 bits per heavy atom. The van der Waals surface area contributed by atoms with E-state index in [1.165, 1.54) is 16.9 Å². The number of aryl methyl sites for hydroxylation is 1. The number of nitrogens with zero attached hydrogens (tertiary/aromatic N) is 1. The highest BCUT2D eigenvalue weighted by atomic mass is 79.9. The minimum Gasteiger partial charge on any atom is -0.448 e. The van der Waals surface area contributed by atoms with E-state index in [0.717, 1.165) is 27.0 Å². The number of rotatable bonds is 4. The zero-order valence-corrected chi connectivity index (χ0v) is 17.5. The summed E-state index contributed by atoms with van der Waals surface area (Å²) in [6.07, 6.45) is 0.268. The maximum atomic E-state index is 12.6. The van der Waals surface area contributed by atoms with Crippen LogP contribution in [-0.2, 0) is 22.4 Å². The molecule has 1 amide bonds. The number of esters is 1. The first kappa shape index (κ1) is 18.8. The molecule has 5 nitrogen and oxygen atoms in total. The number of anilines is 1. The molecule has 0 saturated heterocycles. The Hall–Kier alpha value is -2.51. The summed E-state index contributed by atoms with van der Waals surface area (Å²) in [4.78, 5) is 30.3. The molecule has 1 atom stereocenters. The third-order valence-electron chi connectivity index (χ3n) is 4.59. The van der Waals surface area contributed by atoms with Gasteiger partial charge < -0.3 is 4.74 Å². The number of hydrogen-bond acceptors (Lipinski definition) is 5. The largest absolute Gasteiger partial charge is 0.448 e. The predicted molar refractivity (Wildman–Crippen MR) is 112 cm³/mol. The number of cyclic esters (lactones) is 1. The van der Waals surface area contributed by atoms with E-state index in [1.807, 2.05) is 31.2 Å². The maximum absolute atomic E-state index is 12.6. The first-order chi connectivity index (χ1) is 13.5. The van der Waals surface area contributed by atoms with Crippen LogP contribution in [0.3, 0.4) is 0 Å². The maximum Gasteiger partial charge on any atom is 0.339 e. The van der Waals surface area contributed by atoms with Crippen molar-refractivity contribution in [2.24, 2.45) is 0 Å². The molecule has 4 rings (SSSR count). The van der Waals surface area contributed by atoms with Gasteiger partial charge >= 0.3 is 5.97 Å². The van der Waals surface area contributed by atoms with Gasteiger partial charge in [-0.2, -0.15) is 0 Å². The number of halogens is 1. The Morgan fingerprint density at radius 2 is 2.00 bits per heavy atom. The monoisotopic (exact) mass is 456 g/mol. The second-order valence-electron chi connectivity index (χ2n) is 6.58. The number of benzene rings is 2. The summed E-state index contributed by atoms with van der Waals surface area (Å²) in [5.41, 5.74) is 3.40. The van der Waals surface area contributed by atoms with E-state index in [-0.39, 0.29) is 5.91 Å². The van der Waals surface area contributed by atoms with Gasteiger partial charge in [-0.1, -0.05) is 46.3 Å². The van der Waals surface area contributed by atoms with Crippen molar-refractivity contribution in [2.45, 2.75) is 25.9 Å². The molecule has 142 valence electrons. The van der Waals surface area contributed by atoms with E-state index in [4.69, 9.17) is 4.74 Å². The molecule has 1 N–H and O–H groups in total. The Balaban J connectivity index is 1.45. The summed E-state index contributed by atoms with van der Waals surface area (Å²) in [5, 5.41) is 3.32. The van der Waals surface area contributed by atoms with Gasteiger partial charge in [-0.25, -0.2) is 9.78 Å². The van der Waals surface area contributed by atoms with Crippen LogP contribution in [0, 0.1) is 6.92 Å². The van der Waals surface area contributed by atoms with Crippen LogP contribution in [0.5, 0.6) is 0 Å². The van der Waals surface area contributed by atoms with E-state index >= 15 is 0 Å². The number of thiazole rings is 1. The van der Waals surface area contributed by atoms with E-state index < -0.39 is 12.1 Å². The van der Waals surface area contributed by atoms with Gasteiger partial charge in [0.15, 0.2) is 11.2 Å². The lowest BCUT2D eigenvalue weighted by Gasteiger charge is -2.23. The molecule has 2 aromatic carbocycles. The highest BCUT2D eigenvalue weighted by Crippen LogP contribution is 2.27. The quantitative estimate of drug-likeness (QED) is 0.585. The lowest BCUT2D eigenvalue weighted by Crippen LogP contribution is -2.37. The van der Waals surface area contributed by atoms with Crippen LogP contribution in [0.4, 0.5) is 5.13 Å². The molecule has 3 aromatic rings. The fourth-order valence-corrected chi connectivity index (χ4v) is 4.36. The van der Waals surface area contributed by atoms with Gasteiger partial charge in [-0.05, 0) is 36.2 Å². The summed E-state index contributed by atoms with van der Waals surface area (Å²) in [7, 11) is 0. The summed E-state index contributed by atoms with van der Waals surface area (Å²) < 4.78 is 6.35. The Morgan fingerprint density at radius 3 is 2.79 bits per heavy atom. The smallest absolute Gasteiger partial charge is 0.339 e. The third-order valence-corrected chi connectivity index (χ3v) is 6.19. The summed E-state index contributed by atoms with van der Waals surface area (Å²) in [5.74, 6) is -0.819. The number of carbonyl (C=O) groups excluding carboxylic acids is 2. The number of aromatic nitrogens is 1. The lowest BCUT2D eigenvalue weighted by molar-refractivity contribution is -0.125. The average molecular weight is 457 g/mol. The molecule has 0 radical (unpaired) electrons. The van der Waals surface area contributed by atoms with Gasteiger partial charge in [0.25, 0.3) is 5.91 Å². The first-order valence-electron chi connectivity index (χ1n) is 8.80. The van der Waals surface area contributed by atoms with E-state index in [1.54, 1.807) is 12.1 Å². The average Bonchev–Trinajstić information content (AvgIpc) is 3.02. The minimum absolute atomic E-state index is 0.355. The highest BCUT2D eigenvalue weighted by molar-refractivity contribution is 9.10. The molecule has 2 heterocycles. The fraction of sp³-hybridized carbons (Fsp3) is 0.190. The molecular formula is C21H17BrN2O3S. The van der Waals surface area contributed by atoms with E-state index in [0.29, 0.717) is 17.1 Å². The van der Waals surface area contributed by atoms with Gasteiger partial charge in [0.05, 0.1) is 11.3 Å². The van der Waals surface area contributed by atoms with Crippen LogP contribution < -0.4 is 5.32 Å². The van der Waals surface area contributed by atoms with Crippen LogP contribution in [-0.4, -0.2) is 23.0 Å². The molecule has 1 aliphatic rings. The summed E-state index contributed by atoms with van der Waals surface area (Å²) >= 11 is 4.88. The van der Waals surface area contributed by atoms with Crippen molar-refractivity contribution in [1.82, 2.24) is 4.98 Å². The molecule has 0 bridgehead atoms. The zero-order chi connectivity index (χ0) is 19.7. The molecule has 0 fully saturated rings. The van der Waals surface area contributed by atoms with E-state index in [9.17, 15) is 9.59 Å². The molecule has 0 saturated carbocycles. The predicted octanol–water partition coefficient (Wildman–Crippen LogP) is 4.53. The number of ether oxygens (including phenoxy) is 1. The zero-order valence-electron chi connectivity index (χ0n) is 15.1. The van der Waals surface area contributed by atoms with Gasteiger partial charge in [0.2, 0.25) is 0 Å². The molecule has 1 aliphatic heterocycles. The van der Waals surface area contributed by atoms with Crippen molar-refractivity contribution >= 4 is 44.3 Å². The normalized spacial score (nSPS) is 15.6. The number of amides is 1. The fourth-order valence-electron chi connectivity index (χ4n) is 3.10. The van der Waals surface area contributed by atoms with Crippen molar-refractivity contribution in [1.29, 1.82) is 0 Å². The molecule has 7 heteroatoms. The topological polar surface area (TPSA) is 68.3 Å². The number of carbonyl (C=O) groups is 2. The molecular weight excluding hydrogens is 440 g/mol. The van der Waals surface area contributed by atoms with E-state index in [2.05, 4.69) is 38.4 Å². The third kappa shape index (κ3) is 4.00. The SMILES string of the molecule is Cc1nc(NC(=O)C2Cc3ccccc3C(=O)O2)sc1Cc1ccc(Br)cc1. The van der Waals surface area contributed by atoms with Crippen LogP contribution in [0.25, 0.3) is 0 Å². The first-order valence-corrected chi connectivity index (χ1v) is 10.4. The molecule has 0 aliphatic carbocycles. The van der Waals surface area contributed by atoms with Crippen molar-refractivity contribution in [2.75, 3.05) is 5.32 Å².